The van der Waals surface area contributed by atoms with E-state index in [4.69, 9.17) is 4.74 Å². The third-order valence-corrected chi connectivity index (χ3v) is 4.35. The summed E-state index contributed by atoms with van der Waals surface area (Å²) in [6, 6.07) is 7.66. The van der Waals surface area contributed by atoms with Crippen molar-refractivity contribution in [3.63, 3.8) is 0 Å². The number of carbonyl (C=O) groups is 2. The zero-order chi connectivity index (χ0) is 18.2. The summed E-state index contributed by atoms with van der Waals surface area (Å²) in [5.74, 6) is 1.11. The van der Waals surface area contributed by atoms with Gasteiger partial charge in [-0.1, -0.05) is 12.1 Å². The summed E-state index contributed by atoms with van der Waals surface area (Å²) >= 11 is 0. The second-order valence-corrected chi connectivity index (χ2v) is 6.57. The van der Waals surface area contributed by atoms with E-state index >= 15 is 0 Å². The van der Waals surface area contributed by atoms with Gasteiger partial charge in [0.05, 0.1) is 13.0 Å². The van der Waals surface area contributed by atoms with E-state index in [0.717, 1.165) is 17.9 Å². The number of piperazine rings is 1. The normalized spacial score (nSPS) is 14.7. The van der Waals surface area contributed by atoms with Gasteiger partial charge in [0.1, 0.15) is 5.75 Å². The standard InChI is InChI=1S/C19H29N3O3/c1-4-25-17-7-5-16(6-8-17)15-19(24)22-13-11-21(12-14-22)18(23)9-10-20(2)3/h5-8H,4,9-15H2,1-3H3. The van der Waals surface area contributed by atoms with Crippen LogP contribution in [0.15, 0.2) is 24.3 Å². The van der Waals surface area contributed by atoms with Crippen LogP contribution in [0.25, 0.3) is 0 Å². The Hall–Kier alpha value is -2.08. The molecule has 1 aromatic rings. The Morgan fingerprint density at radius 1 is 1.00 bits per heavy atom. The molecule has 0 unspecified atom stereocenters. The van der Waals surface area contributed by atoms with E-state index in [0.29, 0.717) is 45.6 Å². The molecule has 1 heterocycles. The Morgan fingerprint density at radius 2 is 1.56 bits per heavy atom. The molecule has 6 nitrogen and oxygen atoms in total. The van der Waals surface area contributed by atoms with Crippen molar-refractivity contribution in [1.29, 1.82) is 0 Å². The van der Waals surface area contributed by atoms with Crippen LogP contribution in [0.4, 0.5) is 0 Å². The SMILES string of the molecule is CCOc1ccc(CC(=O)N2CCN(C(=O)CCN(C)C)CC2)cc1. The highest BCUT2D eigenvalue weighted by Crippen LogP contribution is 2.14. The van der Waals surface area contributed by atoms with Gasteiger partial charge in [0.2, 0.25) is 11.8 Å². The number of hydrogen-bond acceptors (Lipinski definition) is 4. The first-order valence-electron chi connectivity index (χ1n) is 8.91. The number of rotatable bonds is 7. The number of nitrogens with zero attached hydrogens (tertiary/aromatic N) is 3. The quantitative estimate of drug-likeness (QED) is 0.745. The zero-order valence-corrected chi connectivity index (χ0v) is 15.5. The number of carbonyl (C=O) groups excluding carboxylic acids is 2. The van der Waals surface area contributed by atoms with Gasteiger partial charge in [-0.05, 0) is 38.7 Å². The molecule has 1 aliphatic rings. The minimum Gasteiger partial charge on any atom is -0.494 e. The van der Waals surface area contributed by atoms with Gasteiger partial charge in [-0.25, -0.2) is 0 Å². The lowest BCUT2D eigenvalue weighted by Gasteiger charge is -2.35. The minimum absolute atomic E-state index is 0.115. The van der Waals surface area contributed by atoms with Gasteiger partial charge in [0, 0.05) is 39.1 Å². The molecule has 0 aliphatic carbocycles. The Morgan fingerprint density at radius 3 is 2.08 bits per heavy atom. The van der Waals surface area contributed by atoms with E-state index < -0.39 is 0 Å². The van der Waals surface area contributed by atoms with Gasteiger partial charge in [0.25, 0.3) is 0 Å². The predicted molar refractivity (Wildman–Crippen MR) is 97.6 cm³/mol. The third kappa shape index (κ3) is 6.05. The Balaban J connectivity index is 1.78. The number of hydrogen-bond donors (Lipinski definition) is 0. The molecular weight excluding hydrogens is 318 g/mol. The first-order valence-corrected chi connectivity index (χ1v) is 8.91. The minimum atomic E-state index is 0.115. The highest BCUT2D eigenvalue weighted by Gasteiger charge is 2.23. The fourth-order valence-electron chi connectivity index (χ4n) is 2.84. The van der Waals surface area contributed by atoms with E-state index in [1.807, 2.05) is 60.0 Å². The smallest absolute Gasteiger partial charge is 0.227 e. The Bertz CT molecular complexity index is 564. The first kappa shape index (κ1) is 19.2. The van der Waals surface area contributed by atoms with Crippen LogP contribution in [0.1, 0.15) is 18.9 Å². The summed E-state index contributed by atoms with van der Waals surface area (Å²) < 4.78 is 5.42. The predicted octanol–water partition coefficient (Wildman–Crippen LogP) is 1.25. The summed E-state index contributed by atoms with van der Waals surface area (Å²) in [5.41, 5.74) is 0.984. The molecule has 6 heteroatoms. The lowest BCUT2D eigenvalue weighted by molar-refractivity contribution is -0.139. The van der Waals surface area contributed by atoms with Crippen LogP contribution in [0.5, 0.6) is 5.75 Å². The first-order chi connectivity index (χ1) is 12.0. The maximum Gasteiger partial charge on any atom is 0.227 e. The summed E-state index contributed by atoms with van der Waals surface area (Å²) in [7, 11) is 3.93. The van der Waals surface area contributed by atoms with Gasteiger partial charge < -0.3 is 19.4 Å². The summed E-state index contributed by atoms with van der Waals surface area (Å²) in [5, 5.41) is 0. The summed E-state index contributed by atoms with van der Waals surface area (Å²) in [6.07, 6.45) is 0.925. The average molecular weight is 347 g/mol. The zero-order valence-electron chi connectivity index (χ0n) is 15.5. The van der Waals surface area contributed by atoms with Crippen LogP contribution >= 0.6 is 0 Å². The molecule has 2 rings (SSSR count). The van der Waals surface area contributed by atoms with Crippen LogP contribution in [0.3, 0.4) is 0 Å². The van der Waals surface area contributed by atoms with Crippen molar-refractivity contribution in [3.8, 4) is 5.75 Å². The molecule has 0 radical (unpaired) electrons. The molecule has 1 saturated heterocycles. The number of amides is 2. The Labute approximate surface area is 150 Å². The van der Waals surface area contributed by atoms with Crippen molar-refractivity contribution in [2.24, 2.45) is 0 Å². The molecule has 0 saturated carbocycles. The van der Waals surface area contributed by atoms with Crippen molar-refractivity contribution >= 4 is 11.8 Å². The van der Waals surface area contributed by atoms with Gasteiger partial charge >= 0.3 is 0 Å². The molecule has 0 bridgehead atoms. The van der Waals surface area contributed by atoms with E-state index in [-0.39, 0.29) is 11.8 Å². The van der Waals surface area contributed by atoms with E-state index in [1.165, 1.54) is 0 Å². The lowest BCUT2D eigenvalue weighted by atomic mass is 10.1. The molecule has 1 aliphatic heterocycles. The average Bonchev–Trinajstić information content (AvgIpc) is 2.61. The summed E-state index contributed by atoms with van der Waals surface area (Å²) in [4.78, 5) is 30.3. The second-order valence-electron chi connectivity index (χ2n) is 6.57. The maximum atomic E-state index is 12.5. The molecule has 0 spiro atoms. The topological polar surface area (TPSA) is 53.1 Å². The number of benzene rings is 1. The van der Waals surface area contributed by atoms with Crippen molar-refractivity contribution in [3.05, 3.63) is 29.8 Å². The highest BCUT2D eigenvalue weighted by molar-refractivity contribution is 5.80. The van der Waals surface area contributed by atoms with E-state index in [9.17, 15) is 9.59 Å². The molecule has 0 atom stereocenters. The fraction of sp³-hybridized carbons (Fsp3) is 0.579. The second kappa shape index (κ2) is 9.42. The van der Waals surface area contributed by atoms with Crippen LogP contribution in [0.2, 0.25) is 0 Å². The Kier molecular flexibility index (Phi) is 7.25. The molecule has 2 amide bonds. The van der Waals surface area contributed by atoms with Crippen molar-refractivity contribution in [1.82, 2.24) is 14.7 Å². The third-order valence-electron chi connectivity index (χ3n) is 4.35. The fourth-order valence-corrected chi connectivity index (χ4v) is 2.84. The largest absolute Gasteiger partial charge is 0.494 e. The van der Waals surface area contributed by atoms with Gasteiger partial charge in [-0.2, -0.15) is 0 Å². The van der Waals surface area contributed by atoms with E-state index in [2.05, 4.69) is 0 Å². The molecule has 0 aromatic heterocycles. The van der Waals surface area contributed by atoms with Gasteiger partial charge in [-0.15, -0.1) is 0 Å². The summed E-state index contributed by atoms with van der Waals surface area (Å²) in [6.45, 7) is 5.82. The maximum absolute atomic E-state index is 12.5. The van der Waals surface area contributed by atoms with E-state index in [1.54, 1.807) is 0 Å². The lowest BCUT2D eigenvalue weighted by Crippen LogP contribution is -2.51. The monoisotopic (exact) mass is 347 g/mol. The van der Waals surface area contributed by atoms with Crippen molar-refractivity contribution < 1.29 is 14.3 Å². The molecule has 1 fully saturated rings. The van der Waals surface area contributed by atoms with Crippen molar-refractivity contribution in [2.45, 2.75) is 19.8 Å². The van der Waals surface area contributed by atoms with Gasteiger partial charge in [0.15, 0.2) is 0 Å². The molecule has 138 valence electrons. The van der Waals surface area contributed by atoms with Crippen molar-refractivity contribution in [2.75, 3.05) is 53.4 Å². The van der Waals surface area contributed by atoms with Crippen LogP contribution in [0, 0.1) is 0 Å². The van der Waals surface area contributed by atoms with Crippen LogP contribution < -0.4 is 4.74 Å². The molecular formula is C19H29N3O3. The molecule has 0 N–H and O–H groups in total. The molecule has 25 heavy (non-hydrogen) atoms. The van der Waals surface area contributed by atoms with Crippen LogP contribution in [-0.2, 0) is 16.0 Å². The highest BCUT2D eigenvalue weighted by atomic mass is 16.5. The molecule has 1 aromatic carbocycles. The van der Waals surface area contributed by atoms with Crippen LogP contribution in [-0.4, -0.2) is 79.9 Å². The number of ether oxygens (including phenoxy) is 1. The van der Waals surface area contributed by atoms with Gasteiger partial charge in [-0.3, -0.25) is 9.59 Å².